The molecule has 6 nitrogen and oxygen atoms in total. The molecule has 134 valence electrons. The van der Waals surface area contributed by atoms with Gasteiger partial charge in [-0.2, -0.15) is 0 Å². The molecule has 1 unspecified atom stereocenters. The quantitative estimate of drug-likeness (QED) is 0.609. The van der Waals surface area contributed by atoms with Gasteiger partial charge in [0.25, 0.3) is 5.69 Å². The summed E-state index contributed by atoms with van der Waals surface area (Å²) < 4.78 is 0. The van der Waals surface area contributed by atoms with Crippen molar-refractivity contribution in [2.45, 2.75) is 44.2 Å². The predicted octanol–water partition coefficient (Wildman–Crippen LogP) is 4.90. The summed E-state index contributed by atoms with van der Waals surface area (Å²) in [4.78, 5) is 15.7. The summed E-state index contributed by atoms with van der Waals surface area (Å²) in [6.07, 6.45) is 6.00. The minimum atomic E-state index is -0.370. The summed E-state index contributed by atoms with van der Waals surface area (Å²) >= 11 is 0. The molecule has 0 bridgehead atoms. The Morgan fingerprint density at radius 2 is 1.77 bits per heavy atom. The van der Waals surface area contributed by atoms with E-state index in [2.05, 4.69) is 22.8 Å². The van der Waals surface area contributed by atoms with Crippen LogP contribution in [0.5, 0.6) is 0 Å². The van der Waals surface area contributed by atoms with Crippen LogP contribution in [0, 0.1) is 10.1 Å². The first-order valence-corrected chi connectivity index (χ1v) is 9.15. The van der Waals surface area contributed by atoms with Crippen molar-refractivity contribution in [1.82, 2.24) is 0 Å². The van der Waals surface area contributed by atoms with E-state index in [0.717, 1.165) is 35.6 Å². The van der Waals surface area contributed by atoms with Crippen molar-refractivity contribution in [2.24, 2.45) is 4.99 Å². The Morgan fingerprint density at radius 3 is 2.50 bits per heavy atom. The Balaban J connectivity index is 1.71. The second-order valence-corrected chi connectivity index (χ2v) is 6.91. The van der Waals surface area contributed by atoms with Gasteiger partial charge < -0.3 is 10.6 Å². The average Bonchev–Trinajstić information content (AvgIpc) is 2.68. The van der Waals surface area contributed by atoms with Crippen molar-refractivity contribution >= 4 is 22.9 Å². The molecule has 0 saturated heterocycles. The van der Waals surface area contributed by atoms with Crippen molar-refractivity contribution in [3.05, 3.63) is 64.2 Å². The number of nitrogens with one attached hydrogen (secondary N) is 2. The number of amidine groups is 1. The SMILES string of the molecule is O=[N+]([O-])c1ccc2c(c1)NC(c1ccccc1)C(=NC1CCCCC1)N2. The van der Waals surface area contributed by atoms with E-state index in [9.17, 15) is 10.1 Å². The van der Waals surface area contributed by atoms with Crippen LogP contribution in [0.2, 0.25) is 0 Å². The maximum Gasteiger partial charge on any atom is 0.271 e. The number of anilines is 2. The van der Waals surface area contributed by atoms with Crippen LogP contribution >= 0.6 is 0 Å². The molecule has 2 aromatic rings. The van der Waals surface area contributed by atoms with Crippen LogP contribution in [0.4, 0.5) is 17.1 Å². The Morgan fingerprint density at radius 1 is 1.00 bits per heavy atom. The summed E-state index contributed by atoms with van der Waals surface area (Å²) in [6, 6.07) is 15.2. The van der Waals surface area contributed by atoms with E-state index in [0.29, 0.717) is 6.04 Å². The monoisotopic (exact) mass is 350 g/mol. The lowest BCUT2D eigenvalue weighted by atomic mass is 9.95. The van der Waals surface area contributed by atoms with E-state index in [1.807, 2.05) is 18.2 Å². The molecule has 1 fully saturated rings. The third kappa shape index (κ3) is 3.40. The smallest absolute Gasteiger partial charge is 0.271 e. The highest BCUT2D eigenvalue weighted by molar-refractivity contribution is 6.07. The normalized spacial score (nSPS) is 21.5. The van der Waals surface area contributed by atoms with Gasteiger partial charge in [-0.25, -0.2) is 0 Å². The second kappa shape index (κ2) is 7.15. The highest BCUT2D eigenvalue weighted by Crippen LogP contribution is 2.36. The average molecular weight is 350 g/mol. The molecule has 2 aliphatic rings. The number of nitrogens with zero attached hydrogens (tertiary/aromatic N) is 2. The molecule has 0 spiro atoms. The van der Waals surface area contributed by atoms with Gasteiger partial charge in [-0.05, 0) is 24.5 Å². The van der Waals surface area contributed by atoms with E-state index in [1.54, 1.807) is 12.1 Å². The first-order valence-electron chi connectivity index (χ1n) is 9.15. The minimum Gasteiger partial charge on any atom is -0.370 e. The van der Waals surface area contributed by atoms with Gasteiger partial charge in [-0.1, -0.05) is 49.6 Å². The first kappa shape index (κ1) is 16.6. The van der Waals surface area contributed by atoms with Crippen molar-refractivity contribution < 1.29 is 4.92 Å². The van der Waals surface area contributed by atoms with E-state index >= 15 is 0 Å². The van der Waals surface area contributed by atoms with Crippen molar-refractivity contribution in [3.8, 4) is 0 Å². The Hall–Kier alpha value is -2.89. The third-order valence-corrected chi connectivity index (χ3v) is 5.08. The molecule has 1 saturated carbocycles. The number of hydrogen-bond acceptors (Lipinski definition) is 4. The molecule has 26 heavy (non-hydrogen) atoms. The summed E-state index contributed by atoms with van der Waals surface area (Å²) in [5.41, 5.74) is 2.73. The predicted molar refractivity (Wildman–Crippen MR) is 104 cm³/mol. The lowest BCUT2D eigenvalue weighted by molar-refractivity contribution is -0.384. The summed E-state index contributed by atoms with van der Waals surface area (Å²) in [6.45, 7) is 0. The zero-order chi connectivity index (χ0) is 17.9. The maximum atomic E-state index is 11.1. The molecule has 2 aromatic carbocycles. The Kier molecular flexibility index (Phi) is 4.56. The van der Waals surface area contributed by atoms with Crippen molar-refractivity contribution in [1.29, 1.82) is 0 Å². The third-order valence-electron chi connectivity index (χ3n) is 5.08. The molecule has 0 aromatic heterocycles. The summed E-state index contributed by atoms with van der Waals surface area (Å²) in [5.74, 6) is 0.893. The van der Waals surface area contributed by atoms with Gasteiger partial charge in [0.15, 0.2) is 0 Å². The van der Waals surface area contributed by atoms with Crippen LogP contribution in [-0.4, -0.2) is 16.8 Å². The molecule has 2 N–H and O–H groups in total. The number of nitro benzene ring substituents is 1. The molecule has 1 aliphatic carbocycles. The van der Waals surface area contributed by atoms with Crippen LogP contribution in [-0.2, 0) is 0 Å². The van der Waals surface area contributed by atoms with Gasteiger partial charge >= 0.3 is 0 Å². The summed E-state index contributed by atoms with van der Waals surface area (Å²) in [7, 11) is 0. The number of benzene rings is 2. The van der Waals surface area contributed by atoms with Gasteiger partial charge in [-0.15, -0.1) is 0 Å². The van der Waals surface area contributed by atoms with E-state index in [1.165, 1.54) is 25.3 Å². The van der Waals surface area contributed by atoms with E-state index < -0.39 is 0 Å². The molecule has 1 heterocycles. The van der Waals surface area contributed by atoms with Crippen LogP contribution in [0.15, 0.2) is 53.5 Å². The molecular weight excluding hydrogens is 328 g/mol. The topological polar surface area (TPSA) is 79.6 Å². The summed E-state index contributed by atoms with van der Waals surface area (Å²) in [5, 5.41) is 18.0. The molecule has 1 atom stereocenters. The van der Waals surface area contributed by atoms with Gasteiger partial charge in [0.1, 0.15) is 11.9 Å². The van der Waals surface area contributed by atoms with Crippen LogP contribution in [0.3, 0.4) is 0 Å². The first-order chi connectivity index (χ1) is 12.7. The highest BCUT2D eigenvalue weighted by Gasteiger charge is 2.27. The van der Waals surface area contributed by atoms with Gasteiger partial charge in [0, 0.05) is 12.1 Å². The van der Waals surface area contributed by atoms with Gasteiger partial charge in [-0.3, -0.25) is 15.1 Å². The number of nitro groups is 1. The molecule has 6 heteroatoms. The molecular formula is C20H22N4O2. The fraction of sp³-hybridized carbons (Fsp3) is 0.350. The van der Waals surface area contributed by atoms with Crippen molar-refractivity contribution in [2.75, 3.05) is 10.6 Å². The Bertz CT molecular complexity index is 829. The zero-order valence-electron chi connectivity index (χ0n) is 14.5. The fourth-order valence-electron chi connectivity index (χ4n) is 3.71. The van der Waals surface area contributed by atoms with E-state index in [4.69, 9.17) is 4.99 Å². The van der Waals surface area contributed by atoms with Gasteiger partial charge in [0.05, 0.1) is 22.3 Å². The zero-order valence-corrected chi connectivity index (χ0v) is 14.5. The lowest BCUT2D eigenvalue weighted by Gasteiger charge is -2.31. The number of fused-ring (bicyclic) bond motifs is 1. The fourth-order valence-corrected chi connectivity index (χ4v) is 3.71. The largest absolute Gasteiger partial charge is 0.370 e. The van der Waals surface area contributed by atoms with Crippen LogP contribution in [0.1, 0.15) is 43.7 Å². The van der Waals surface area contributed by atoms with Crippen LogP contribution < -0.4 is 10.6 Å². The number of non-ortho nitro benzene ring substituents is 1. The van der Waals surface area contributed by atoms with Crippen molar-refractivity contribution in [3.63, 3.8) is 0 Å². The van der Waals surface area contributed by atoms with E-state index in [-0.39, 0.29) is 16.7 Å². The van der Waals surface area contributed by atoms with Gasteiger partial charge in [0.2, 0.25) is 0 Å². The second-order valence-electron chi connectivity index (χ2n) is 6.91. The lowest BCUT2D eigenvalue weighted by Crippen LogP contribution is -2.33. The number of aliphatic imine (C=N–C) groups is 1. The molecule has 4 rings (SSSR count). The van der Waals surface area contributed by atoms with Crippen LogP contribution in [0.25, 0.3) is 0 Å². The number of rotatable bonds is 3. The molecule has 1 aliphatic heterocycles. The maximum absolute atomic E-state index is 11.1. The molecule has 0 radical (unpaired) electrons. The highest BCUT2D eigenvalue weighted by atomic mass is 16.6. The molecule has 0 amide bonds. The number of hydrogen-bond donors (Lipinski definition) is 2. The minimum absolute atomic E-state index is 0.0810. The standard InChI is InChI=1S/C20H22N4O2/c25-24(26)16-11-12-17-18(13-16)22-19(14-7-3-1-4-8-14)20(23-17)21-15-9-5-2-6-10-15/h1,3-4,7-8,11-13,15,19,22H,2,5-6,9-10H2,(H,21,23). The Labute approximate surface area is 152 Å².